The molecule has 0 N–H and O–H groups in total. The van der Waals surface area contributed by atoms with Crippen molar-refractivity contribution >= 4 is 52.4 Å². The number of rotatable bonds is 3. The number of hydrogen-bond acceptors (Lipinski definition) is 5. The van der Waals surface area contributed by atoms with Gasteiger partial charge in [0, 0.05) is 38.1 Å². The highest BCUT2D eigenvalue weighted by atomic mass is 35.5. The predicted octanol–water partition coefficient (Wildman–Crippen LogP) is 2.07. The standard InChI is InChI=1S/C18H18ClN3O4S/c1-12(23)20-6-8-21(9-7-20)16(24)11-22-17(25)15(27-18(22)26)10-13-2-4-14(19)5-3-13/h2-5,10H,6-9,11H2,1H3. The van der Waals surface area contributed by atoms with Crippen LogP contribution in [0.15, 0.2) is 29.2 Å². The zero-order valence-electron chi connectivity index (χ0n) is 14.7. The third kappa shape index (κ3) is 4.51. The molecule has 2 aliphatic heterocycles. The maximum Gasteiger partial charge on any atom is 0.294 e. The summed E-state index contributed by atoms with van der Waals surface area (Å²) in [5.74, 6) is -0.802. The van der Waals surface area contributed by atoms with Crippen molar-refractivity contribution < 1.29 is 19.2 Å². The number of halogens is 1. The van der Waals surface area contributed by atoms with Gasteiger partial charge in [-0.1, -0.05) is 23.7 Å². The van der Waals surface area contributed by atoms with Crippen LogP contribution >= 0.6 is 23.4 Å². The minimum absolute atomic E-state index is 0.0274. The average Bonchev–Trinajstić information content (AvgIpc) is 2.91. The number of thioether (sulfide) groups is 1. The molecule has 0 saturated carbocycles. The summed E-state index contributed by atoms with van der Waals surface area (Å²) in [6.07, 6.45) is 1.61. The summed E-state index contributed by atoms with van der Waals surface area (Å²) in [5.41, 5.74) is 0.747. The van der Waals surface area contributed by atoms with Crippen LogP contribution < -0.4 is 0 Å². The first kappa shape index (κ1) is 19.4. The van der Waals surface area contributed by atoms with E-state index in [2.05, 4.69) is 0 Å². The summed E-state index contributed by atoms with van der Waals surface area (Å²) < 4.78 is 0. The first-order chi connectivity index (χ1) is 12.8. The Morgan fingerprint density at radius 1 is 1.07 bits per heavy atom. The van der Waals surface area contributed by atoms with E-state index >= 15 is 0 Å². The van der Waals surface area contributed by atoms with Crippen molar-refractivity contribution in [1.29, 1.82) is 0 Å². The zero-order chi connectivity index (χ0) is 19.6. The normalized spacial score (nSPS) is 19.2. The first-order valence-corrected chi connectivity index (χ1v) is 9.59. The summed E-state index contributed by atoms with van der Waals surface area (Å²) in [5, 5.41) is 0.117. The number of imide groups is 1. The summed E-state index contributed by atoms with van der Waals surface area (Å²) in [6.45, 7) is 2.91. The van der Waals surface area contributed by atoms with Crippen LogP contribution in [0.3, 0.4) is 0 Å². The Kier molecular flexibility index (Phi) is 5.86. The van der Waals surface area contributed by atoms with Crippen molar-refractivity contribution in [3.63, 3.8) is 0 Å². The topological polar surface area (TPSA) is 78.0 Å². The van der Waals surface area contributed by atoms with Gasteiger partial charge in [-0.15, -0.1) is 0 Å². The smallest absolute Gasteiger partial charge is 0.294 e. The molecule has 0 atom stereocenters. The molecule has 1 aromatic carbocycles. The Labute approximate surface area is 165 Å². The molecule has 2 heterocycles. The Morgan fingerprint density at radius 2 is 1.67 bits per heavy atom. The van der Waals surface area contributed by atoms with E-state index in [1.807, 2.05) is 0 Å². The van der Waals surface area contributed by atoms with E-state index in [0.29, 0.717) is 31.2 Å². The van der Waals surface area contributed by atoms with Crippen LogP contribution in [-0.2, 0) is 14.4 Å². The van der Waals surface area contributed by atoms with E-state index in [9.17, 15) is 19.2 Å². The molecule has 142 valence electrons. The predicted molar refractivity (Wildman–Crippen MR) is 103 cm³/mol. The molecule has 27 heavy (non-hydrogen) atoms. The zero-order valence-corrected chi connectivity index (χ0v) is 16.3. The van der Waals surface area contributed by atoms with Crippen molar-refractivity contribution in [2.24, 2.45) is 0 Å². The molecule has 1 aromatic rings. The van der Waals surface area contributed by atoms with Gasteiger partial charge in [0.15, 0.2) is 0 Å². The molecule has 2 fully saturated rings. The van der Waals surface area contributed by atoms with Crippen LogP contribution in [0.2, 0.25) is 5.02 Å². The Morgan fingerprint density at radius 3 is 2.26 bits per heavy atom. The SMILES string of the molecule is CC(=O)N1CCN(C(=O)CN2C(=O)SC(=Cc3ccc(Cl)cc3)C2=O)CC1. The van der Waals surface area contributed by atoms with Crippen LogP contribution in [-0.4, -0.2) is 70.4 Å². The Bertz CT molecular complexity index is 816. The highest BCUT2D eigenvalue weighted by molar-refractivity contribution is 8.18. The van der Waals surface area contributed by atoms with E-state index in [4.69, 9.17) is 11.6 Å². The largest absolute Gasteiger partial charge is 0.339 e. The lowest BCUT2D eigenvalue weighted by atomic mass is 10.2. The monoisotopic (exact) mass is 407 g/mol. The van der Waals surface area contributed by atoms with Crippen molar-refractivity contribution in [1.82, 2.24) is 14.7 Å². The van der Waals surface area contributed by atoms with Crippen molar-refractivity contribution in [3.8, 4) is 0 Å². The second-order valence-corrected chi connectivity index (χ2v) is 7.64. The Balaban J connectivity index is 1.63. The molecule has 0 spiro atoms. The van der Waals surface area contributed by atoms with Crippen molar-refractivity contribution in [3.05, 3.63) is 39.8 Å². The maximum atomic E-state index is 12.5. The lowest BCUT2D eigenvalue weighted by Gasteiger charge is -2.34. The second-order valence-electron chi connectivity index (χ2n) is 6.21. The summed E-state index contributed by atoms with van der Waals surface area (Å²) >= 11 is 6.66. The van der Waals surface area contributed by atoms with Crippen LogP contribution in [0.1, 0.15) is 12.5 Å². The molecule has 0 aromatic heterocycles. The van der Waals surface area contributed by atoms with Gasteiger partial charge in [0.1, 0.15) is 6.54 Å². The van der Waals surface area contributed by atoms with Crippen LogP contribution in [0.25, 0.3) is 6.08 Å². The highest BCUT2D eigenvalue weighted by Gasteiger charge is 2.37. The van der Waals surface area contributed by atoms with Gasteiger partial charge in [0.05, 0.1) is 4.91 Å². The molecule has 2 saturated heterocycles. The third-order valence-corrected chi connectivity index (χ3v) is 5.57. The fourth-order valence-corrected chi connectivity index (χ4v) is 3.82. The van der Waals surface area contributed by atoms with Gasteiger partial charge in [-0.3, -0.25) is 24.1 Å². The van der Waals surface area contributed by atoms with Crippen molar-refractivity contribution in [2.75, 3.05) is 32.7 Å². The van der Waals surface area contributed by atoms with Crippen LogP contribution in [0.5, 0.6) is 0 Å². The molecule has 0 unspecified atom stereocenters. The highest BCUT2D eigenvalue weighted by Crippen LogP contribution is 2.32. The fourth-order valence-electron chi connectivity index (χ4n) is 2.85. The van der Waals surface area contributed by atoms with Gasteiger partial charge in [0.2, 0.25) is 11.8 Å². The fraction of sp³-hybridized carbons (Fsp3) is 0.333. The summed E-state index contributed by atoms with van der Waals surface area (Å²) in [6, 6.07) is 6.88. The van der Waals surface area contributed by atoms with Crippen LogP contribution in [0, 0.1) is 0 Å². The van der Waals surface area contributed by atoms with E-state index in [-0.39, 0.29) is 23.3 Å². The average molecular weight is 408 g/mol. The molecular weight excluding hydrogens is 390 g/mol. The van der Waals surface area contributed by atoms with Crippen molar-refractivity contribution in [2.45, 2.75) is 6.92 Å². The number of benzene rings is 1. The molecule has 0 bridgehead atoms. The molecule has 0 aliphatic carbocycles. The van der Waals surface area contributed by atoms with Crippen LogP contribution in [0.4, 0.5) is 4.79 Å². The molecule has 9 heteroatoms. The Hall–Kier alpha value is -2.32. The number of amides is 4. The minimum atomic E-state index is -0.476. The van der Waals surface area contributed by atoms with Gasteiger partial charge in [-0.2, -0.15) is 0 Å². The number of carbonyl (C=O) groups is 4. The van der Waals surface area contributed by atoms with E-state index < -0.39 is 11.1 Å². The molecule has 3 rings (SSSR count). The van der Waals surface area contributed by atoms with E-state index in [0.717, 1.165) is 22.2 Å². The molecule has 7 nitrogen and oxygen atoms in total. The van der Waals surface area contributed by atoms with Gasteiger partial charge >= 0.3 is 0 Å². The third-order valence-electron chi connectivity index (χ3n) is 4.41. The quantitative estimate of drug-likeness (QED) is 0.717. The van der Waals surface area contributed by atoms with Gasteiger partial charge in [0.25, 0.3) is 11.1 Å². The first-order valence-electron chi connectivity index (χ1n) is 8.39. The molecule has 4 amide bonds. The maximum absolute atomic E-state index is 12.5. The number of hydrogen-bond donors (Lipinski definition) is 0. The molecule has 0 radical (unpaired) electrons. The number of carbonyl (C=O) groups excluding carboxylic acids is 4. The van der Waals surface area contributed by atoms with E-state index in [1.54, 1.807) is 40.1 Å². The number of piperazine rings is 1. The van der Waals surface area contributed by atoms with Gasteiger partial charge in [-0.25, -0.2) is 0 Å². The molecular formula is C18H18ClN3O4S. The lowest BCUT2D eigenvalue weighted by Crippen LogP contribution is -2.52. The van der Waals surface area contributed by atoms with Gasteiger partial charge in [-0.05, 0) is 35.5 Å². The lowest BCUT2D eigenvalue weighted by molar-refractivity contribution is -0.140. The van der Waals surface area contributed by atoms with Gasteiger partial charge < -0.3 is 9.80 Å². The molecule has 2 aliphatic rings. The van der Waals surface area contributed by atoms with E-state index in [1.165, 1.54) is 6.92 Å². The number of nitrogens with zero attached hydrogens (tertiary/aromatic N) is 3. The summed E-state index contributed by atoms with van der Waals surface area (Å²) in [7, 11) is 0. The second kappa shape index (κ2) is 8.14. The minimum Gasteiger partial charge on any atom is -0.339 e. The summed E-state index contributed by atoms with van der Waals surface area (Å²) in [4.78, 5) is 53.0.